The first kappa shape index (κ1) is 17.3. The molecule has 1 heterocycles. The summed E-state index contributed by atoms with van der Waals surface area (Å²) in [4.78, 5) is 23.7. The Balaban J connectivity index is 2.03. The zero-order valence-electron chi connectivity index (χ0n) is 12.9. The molecule has 9 nitrogen and oxygen atoms in total. The van der Waals surface area contributed by atoms with Crippen LogP contribution in [0.25, 0.3) is 0 Å². The minimum absolute atomic E-state index is 0.0192. The van der Waals surface area contributed by atoms with E-state index in [2.05, 4.69) is 20.3 Å². The van der Waals surface area contributed by atoms with Crippen LogP contribution >= 0.6 is 0 Å². The molecule has 1 amide bonds. The summed E-state index contributed by atoms with van der Waals surface area (Å²) in [6.45, 7) is -0.232. The summed E-state index contributed by atoms with van der Waals surface area (Å²) in [5, 5.41) is 17.4. The number of benzene rings is 1. The van der Waals surface area contributed by atoms with Gasteiger partial charge in [0.1, 0.15) is 13.2 Å². The lowest BCUT2D eigenvalue weighted by Gasteiger charge is -2.07. The van der Waals surface area contributed by atoms with E-state index in [1.165, 1.54) is 7.11 Å². The van der Waals surface area contributed by atoms with E-state index in [0.717, 1.165) is 5.56 Å². The van der Waals surface area contributed by atoms with Crippen LogP contribution < -0.4 is 10.1 Å². The lowest BCUT2D eigenvalue weighted by Crippen LogP contribution is -2.16. The summed E-state index contributed by atoms with van der Waals surface area (Å²) in [5.41, 5.74) is 0.720. The number of anilines is 1. The van der Waals surface area contributed by atoms with Crippen molar-refractivity contribution in [2.24, 2.45) is 0 Å². The molecule has 2 aromatic rings. The molecule has 0 saturated carbocycles. The number of methoxy groups -OCH3 is 1. The number of hydrogen-bond acceptors (Lipinski definition) is 7. The van der Waals surface area contributed by atoms with Gasteiger partial charge in [-0.1, -0.05) is 30.3 Å². The highest BCUT2D eigenvalue weighted by Crippen LogP contribution is 2.24. The standard InChI is InChI=1S/C15H17N3O6/c1-22-14(20)11-12(17-18-13(11)23-8-7-19)16-15(21)24-9-10-5-3-2-4-6-10/h2-6,19H,7-9H2,1H3,(H2,16,17,18,21). The molecule has 9 heteroatoms. The third kappa shape index (κ3) is 4.46. The number of aromatic amines is 1. The molecule has 1 aromatic carbocycles. The Bertz CT molecular complexity index is 686. The predicted octanol–water partition coefficient (Wildman–Crippen LogP) is 1.32. The van der Waals surface area contributed by atoms with Gasteiger partial charge in [0.25, 0.3) is 0 Å². The van der Waals surface area contributed by atoms with Crippen molar-refractivity contribution < 1.29 is 28.9 Å². The Morgan fingerprint density at radius 2 is 2.04 bits per heavy atom. The molecule has 0 saturated heterocycles. The number of rotatable bonds is 7. The van der Waals surface area contributed by atoms with Gasteiger partial charge in [-0.3, -0.25) is 5.32 Å². The molecule has 0 radical (unpaired) electrons. The smallest absolute Gasteiger partial charge is 0.413 e. The molecule has 1 aromatic heterocycles. The summed E-state index contributed by atoms with van der Waals surface area (Å²) in [6.07, 6.45) is -0.788. The van der Waals surface area contributed by atoms with E-state index in [-0.39, 0.29) is 37.1 Å². The normalized spacial score (nSPS) is 10.1. The zero-order chi connectivity index (χ0) is 17.4. The van der Waals surface area contributed by atoms with Gasteiger partial charge in [-0.2, -0.15) is 5.10 Å². The van der Waals surface area contributed by atoms with E-state index in [0.29, 0.717) is 0 Å². The molecule has 0 bridgehead atoms. The molecule has 0 aliphatic carbocycles. The van der Waals surface area contributed by atoms with Gasteiger partial charge in [-0.05, 0) is 5.56 Å². The van der Waals surface area contributed by atoms with Crippen LogP contribution in [0.5, 0.6) is 5.88 Å². The Labute approximate surface area is 137 Å². The second kappa shape index (κ2) is 8.53. The van der Waals surface area contributed by atoms with Crippen molar-refractivity contribution in [1.29, 1.82) is 0 Å². The molecule has 0 spiro atoms. The molecule has 128 valence electrons. The average Bonchev–Trinajstić information content (AvgIpc) is 3.00. The number of carbonyl (C=O) groups excluding carboxylic acids is 2. The van der Waals surface area contributed by atoms with Crippen molar-refractivity contribution in [2.45, 2.75) is 6.61 Å². The molecule has 0 aliphatic rings. The van der Waals surface area contributed by atoms with Crippen LogP contribution in [0, 0.1) is 0 Å². The van der Waals surface area contributed by atoms with Crippen LogP contribution in [0.1, 0.15) is 15.9 Å². The van der Waals surface area contributed by atoms with E-state index in [1.807, 2.05) is 30.3 Å². The van der Waals surface area contributed by atoms with E-state index in [9.17, 15) is 9.59 Å². The summed E-state index contributed by atoms with van der Waals surface area (Å²) in [7, 11) is 1.18. The van der Waals surface area contributed by atoms with E-state index in [4.69, 9.17) is 14.6 Å². The van der Waals surface area contributed by atoms with Gasteiger partial charge in [0.2, 0.25) is 5.88 Å². The predicted molar refractivity (Wildman–Crippen MR) is 82.8 cm³/mol. The first-order valence-corrected chi connectivity index (χ1v) is 7.03. The number of carbonyl (C=O) groups is 2. The quantitative estimate of drug-likeness (QED) is 0.652. The lowest BCUT2D eigenvalue weighted by molar-refractivity contribution is 0.0596. The number of aliphatic hydroxyl groups is 1. The SMILES string of the molecule is COC(=O)c1c(NC(=O)OCc2ccccc2)n[nH]c1OCCO. The number of nitrogens with zero attached hydrogens (tertiary/aromatic N) is 1. The summed E-state index contributed by atoms with van der Waals surface area (Å²) >= 11 is 0. The number of ether oxygens (including phenoxy) is 3. The number of hydrogen-bond donors (Lipinski definition) is 3. The molecule has 24 heavy (non-hydrogen) atoms. The maximum Gasteiger partial charge on any atom is 0.413 e. The minimum atomic E-state index is -0.788. The summed E-state index contributed by atoms with van der Waals surface area (Å²) in [5.74, 6) is -0.864. The largest absolute Gasteiger partial charge is 0.475 e. The summed E-state index contributed by atoms with van der Waals surface area (Å²) in [6, 6.07) is 9.11. The van der Waals surface area contributed by atoms with Gasteiger partial charge in [0.05, 0.1) is 13.7 Å². The monoisotopic (exact) mass is 335 g/mol. The summed E-state index contributed by atoms with van der Waals surface area (Å²) < 4.78 is 14.8. The Hall–Kier alpha value is -3.07. The third-order valence-corrected chi connectivity index (χ3v) is 2.89. The fourth-order valence-electron chi connectivity index (χ4n) is 1.82. The van der Waals surface area contributed by atoms with Crippen molar-refractivity contribution in [3.8, 4) is 5.88 Å². The maximum absolute atomic E-state index is 11.9. The topological polar surface area (TPSA) is 123 Å². The van der Waals surface area contributed by atoms with Gasteiger partial charge >= 0.3 is 12.1 Å². The Kier molecular flexibility index (Phi) is 6.15. The van der Waals surface area contributed by atoms with Crippen molar-refractivity contribution >= 4 is 17.9 Å². The Morgan fingerprint density at radius 3 is 2.71 bits per heavy atom. The highest BCUT2D eigenvalue weighted by Gasteiger charge is 2.24. The average molecular weight is 335 g/mol. The molecule has 2 rings (SSSR count). The number of esters is 1. The molecular weight excluding hydrogens is 318 g/mol. The van der Waals surface area contributed by atoms with Crippen LogP contribution in [-0.2, 0) is 16.1 Å². The van der Waals surface area contributed by atoms with Crippen molar-refractivity contribution in [2.75, 3.05) is 25.6 Å². The highest BCUT2D eigenvalue weighted by molar-refractivity contribution is 6.00. The number of nitrogens with one attached hydrogen (secondary N) is 2. The third-order valence-electron chi connectivity index (χ3n) is 2.89. The Morgan fingerprint density at radius 1 is 1.29 bits per heavy atom. The molecule has 0 atom stereocenters. The van der Waals surface area contributed by atoms with Crippen LogP contribution in [0.15, 0.2) is 30.3 Å². The maximum atomic E-state index is 11.9. The fourth-order valence-corrected chi connectivity index (χ4v) is 1.82. The second-order valence-corrected chi connectivity index (χ2v) is 4.53. The molecule has 3 N–H and O–H groups in total. The van der Waals surface area contributed by atoms with E-state index in [1.54, 1.807) is 0 Å². The zero-order valence-corrected chi connectivity index (χ0v) is 12.9. The van der Waals surface area contributed by atoms with Gasteiger partial charge < -0.3 is 19.3 Å². The molecule has 0 fully saturated rings. The molecule has 0 aliphatic heterocycles. The van der Waals surface area contributed by atoms with E-state index < -0.39 is 12.1 Å². The number of aliphatic hydroxyl groups excluding tert-OH is 1. The number of aromatic nitrogens is 2. The molecule has 0 unspecified atom stereocenters. The number of amides is 1. The van der Waals surface area contributed by atoms with Crippen molar-refractivity contribution in [3.05, 3.63) is 41.5 Å². The van der Waals surface area contributed by atoms with Crippen molar-refractivity contribution in [1.82, 2.24) is 10.2 Å². The van der Waals surface area contributed by atoms with Gasteiger partial charge in [0.15, 0.2) is 11.4 Å². The number of H-pyrrole nitrogens is 1. The van der Waals surface area contributed by atoms with Crippen LogP contribution in [-0.4, -0.2) is 47.7 Å². The fraction of sp³-hybridized carbons (Fsp3) is 0.267. The van der Waals surface area contributed by atoms with E-state index >= 15 is 0 Å². The first-order valence-electron chi connectivity index (χ1n) is 7.03. The second-order valence-electron chi connectivity index (χ2n) is 4.53. The van der Waals surface area contributed by atoms with Crippen LogP contribution in [0.2, 0.25) is 0 Å². The first-order chi connectivity index (χ1) is 11.7. The minimum Gasteiger partial charge on any atom is -0.475 e. The van der Waals surface area contributed by atoms with Gasteiger partial charge in [-0.15, -0.1) is 0 Å². The van der Waals surface area contributed by atoms with Crippen LogP contribution in [0.4, 0.5) is 10.6 Å². The molecular formula is C15H17N3O6. The highest BCUT2D eigenvalue weighted by atomic mass is 16.5. The lowest BCUT2D eigenvalue weighted by atomic mass is 10.2. The van der Waals surface area contributed by atoms with Crippen molar-refractivity contribution in [3.63, 3.8) is 0 Å². The van der Waals surface area contributed by atoms with Gasteiger partial charge in [0, 0.05) is 0 Å². The van der Waals surface area contributed by atoms with Crippen LogP contribution in [0.3, 0.4) is 0 Å². The van der Waals surface area contributed by atoms with Gasteiger partial charge in [-0.25, -0.2) is 14.7 Å².